The summed E-state index contributed by atoms with van der Waals surface area (Å²) in [6.07, 6.45) is 6.47. The largest absolute Gasteiger partial charge is 0.507 e. The Morgan fingerprint density at radius 1 is 0.517 bits per heavy atom. The fourth-order valence-electron chi connectivity index (χ4n) is 8.31. The molecule has 1 aliphatic carbocycles. The summed E-state index contributed by atoms with van der Waals surface area (Å²) in [5.74, 6) is 1.96. The van der Waals surface area contributed by atoms with Gasteiger partial charge in [-0.2, -0.15) is 0 Å². The van der Waals surface area contributed by atoms with E-state index in [4.69, 9.17) is 25.0 Å². The minimum atomic E-state index is -0.575. The molecule has 1 atom stereocenters. The van der Waals surface area contributed by atoms with Crippen LogP contribution in [0.25, 0.3) is 32.3 Å². The number of benzene rings is 3. The number of phenols is 2. The van der Waals surface area contributed by atoms with Gasteiger partial charge in [0.05, 0.1) is 11.3 Å². The third-order valence-corrected chi connectivity index (χ3v) is 11.7. The highest BCUT2D eigenvalue weighted by atomic mass is 16.3. The molecule has 0 spiro atoms. The van der Waals surface area contributed by atoms with Crippen molar-refractivity contribution in [2.24, 2.45) is 36.3 Å². The Morgan fingerprint density at radius 3 is 1.74 bits per heavy atom. The van der Waals surface area contributed by atoms with Crippen molar-refractivity contribution in [1.82, 2.24) is 15.0 Å². The number of nitrogens with zero attached hydrogens (tertiary/aromatic N) is 5. The average Bonchev–Trinajstić information content (AvgIpc) is 3.84. The lowest BCUT2D eigenvalue weighted by Gasteiger charge is -2.25. The molecule has 10 heteroatoms. The first kappa shape index (κ1) is 37.5. The number of aliphatic imine (C=N–C) groups is 1. The molecule has 0 amide bonds. The standard InChI is InChI=1S/C48H52N8O2/c1-45(2,3)23-13-16-26-29(19-23)40-49-37(26)51-41-31-21-25(47(7,8)9)15-18-28(31)39(53-41)55-44-34-32(22-33(57)35(36(34)58)48(10,11)12)43(56-44)54-42-30-20-24(46(4,5)6)14-17-27(30)38(50-40)52-42/h13-22,31,52,57-58H,1-12H3,(H,54,55,56)(H,49,50,51,53). The number of allylic oxidation sites excluding steroid dienone is 3. The van der Waals surface area contributed by atoms with Crippen LogP contribution in [-0.2, 0) is 16.2 Å². The second-order valence-electron chi connectivity index (χ2n) is 20.2. The van der Waals surface area contributed by atoms with Gasteiger partial charge in [0.2, 0.25) is 0 Å². The summed E-state index contributed by atoms with van der Waals surface area (Å²) in [4.78, 5) is 36.8. The van der Waals surface area contributed by atoms with Crippen LogP contribution >= 0.6 is 0 Å². The Balaban J connectivity index is 1.47. The maximum Gasteiger partial charge on any atom is 0.160 e. The summed E-state index contributed by atoms with van der Waals surface area (Å²) in [6.45, 7) is 25.7. The predicted octanol–water partition coefficient (Wildman–Crippen LogP) is 9.37. The number of aromatic nitrogens is 3. The number of amidine groups is 1. The van der Waals surface area contributed by atoms with Gasteiger partial charge < -0.3 is 25.2 Å². The van der Waals surface area contributed by atoms with Crippen molar-refractivity contribution < 1.29 is 10.2 Å². The molecule has 296 valence electrons. The van der Waals surface area contributed by atoms with Crippen LogP contribution in [0.4, 0.5) is 11.6 Å². The van der Waals surface area contributed by atoms with Crippen molar-refractivity contribution >= 4 is 49.8 Å². The van der Waals surface area contributed by atoms with Crippen molar-refractivity contribution in [2.45, 2.75) is 99.3 Å². The van der Waals surface area contributed by atoms with Crippen LogP contribution in [-0.4, -0.2) is 31.0 Å². The number of fused-ring (bicyclic) bond motifs is 18. The van der Waals surface area contributed by atoms with Gasteiger partial charge in [-0.3, -0.25) is 0 Å². The highest BCUT2D eigenvalue weighted by molar-refractivity contribution is 6.01. The van der Waals surface area contributed by atoms with E-state index >= 15 is 0 Å². The Kier molecular flexibility index (Phi) is 7.92. The van der Waals surface area contributed by atoms with E-state index in [0.717, 1.165) is 32.7 Å². The van der Waals surface area contributed by atoms with Crippen LogP contribution in [0, 0.1) is 11.3 Å². The molecule has 0 saturated heterocycles. The SMILES string of the molecule is CC(C)(C)C1=CC2C3=NC(=C2C=C1)N=c1[nH]c(c2cc(O)c(C(C)(C)C)c(O)c12)=Nc1[nH]c(c2ccc(C(C)(C)C)cc12)/N=c1\[nH]c(c2ccc(C(C)(C)C)cc12)=N3. The molecule has 3 aliphatic rings. The van der Waals surface area contributed by atoms with Gasteiger partial charge in [0.25, 0.3) is 0 Å². The second kappa shape index (κ2) is 12.2. The van der Waals surface area contributed by atoms with E-state index in [0.29, 0.717) is 61.6 Å². The summed E-state index contributed by atoms with van der Waals surface area (Å²) in [5.41, 5.74) is 6.07. The van der Waals surface area contributed by atoms with E-state index in [1.807, 2.05) is 20.8 Å². The van der Waals surface area contributed by atoms with Crippen molar-refractivity contribution in [2.75, 3.05) is 0 Å². The molecule has 6 aromatic rings. The summed E-state index contributed by atoms with van der Waals surface area (Å²) < 4.78 is 0. The zero-order valence-corrected chi connectivity index (χ0v) is 35.5. The fraction of sp³-hybridized carbons (Fsp3) is 0.354. The Bertz CT molecular complexity index is 3170. The third-order valence-electron chi connectivity index (χ3n) is 11.7. The van der Waals surface area contributed by atoms with Crippen LogP contribution in [0.1, 0.15) is 99.8 Å². The summed E-state index contributed by atoms with van der Waals surface area (Å²) >= 11 is 0. The monoisotopic (exact) mass is 772 g/mol. The van der Waals surface area contributed by atoms with Gasteiger partial charge in [-0.15, -0.1) is 0 Å². The number of hydrogen-bond donors (Lipinski definition) is 5. The van der Waals surface area contributed by atoms with E-state index < -0.39 is 5.41 Å². The Morgan fingerprint density at radius 2 is 1.10 bits per heavy atom. The van der Waals surface area contributed by atoms with E-state index in [9.17, 15) is 10.2 Å². The van der Waals surface area contributed by atoms with Crippen molar-refractivity contribution in [3.63, 3.8) is 0 Å². The van der Waals surface area contributed by atoms with E-state index in [2.05, 4.69) is 132 Å². The predicted molar refractivity (Wildman–Crippen MR) is 233 cm³/mol. The van der Waals surface area contributed by atoms with Crippen LogP contribution in [0.3, 0.4) is 0 Å². The first-order chi connectivity index (χ1) is 27.1. The molecule has 0 fully saturated rings. The van der Waals surface area contributed by atoms with E-state index in [-0.39, 0.29) is 33.7 Å². The normalized spacial score (nSPS) is 17.8. The molecule has 58 heavy (non-hydrogen) atoms. The number of aromatic amines is 3. The molecule has 8 bridgehead atoms. The second-order valence-corrected chi connectivity index (χ2v) is 20.2. The lowest BCUT2D eigenvalue weighted by atomic mass is 9.79. The number of rotatable bonds is 0. The fourth-order valence-corrected chi connectivity index (χ4v) is 8.31. The molecule has 5 N–H and O–H groups in total. The maximum absolute atomic E-state index is 12.1. The third kappa shape index (κ3) is 6.03. The molecule has 9 rings (SSSR count). The summed E-state index contributed by atoms with van der Waals surface area (Å²) in [6, 6.07) is 14.6. The van der Waals surface area contributed by atoms with Crippen molar-refractivity contribution in [3.8, 4) is 11.5 Å². The molecule has 5 heterocycles. The molecule has 1 unspecified atom stereocenters. The van der Waals surface area contributed by atoms with Gasteiger partial charge in [0, 0.05) is 38.1 Å². The number of phenolic OH excluding ortho intramolecular Hbond substituents is 2. The van der Waals surface area contributed by atoms with Crippen LogP contribution in [0.5, 0.6) is 11.5 Å². The molecule has 3 aromatic heterocycles. The molecule has 2 aliphatic heterocycles. The summed E-state index contributed by atoms with van der Waals surface area (Å²) in [7, 11) is 0. The van der Waals surface area contributed by atoms with Crippen molar-refractivity contribution in [1.29, 1.82) is 0 Å². The molecule has 0 saturated carbocycles. The number of nitrogens with one attached hydrogen (secondary N) is 3. The Hall–Kier alpha value is -6.03. The maximum atomic E-state index is 12.1. The van der Waals surface area contributed by atoms with E-state index in [1.54, 1.807) is 6.07 Å². The Labute approximate surface area is 337 Å². The van der Waals surface area contributed by atoms with E-state index in [1.165, 1.54) is 11.1 Å². The van der Waals surface area contributed by atoms with Gasteiger partial charge in [-0.25, -0.2) is 25.0 Å². The van der Waals surface area contributed by atoms with Crippen LogP contribution in [0.15, 0.2) is 103 Å². The van der Waals surface area contributed by atoms with Gasteiger partial charge in [0.1, 0.15) is 50.9 Å². The number of hydrogen-bond acceptors (Lipinski definition) is 7. The summed E-state index contributed by atoms with van der Waals surface area (Å²) in [5, 5.41) is 28.2. The first-order valence-electron chi connectivity index (χ1n) is 20.1. The zero-order chi connectivity index (χ0) is 41.4. The van der Waals surface area contributed by atoms with Crippen molar-refractivity contribution in [3.05, 3.63) is 116 Å². The van der Waals surface area contributed by atoms with Gasteiger partial charge in [-0.05, 0) is 56.6 Å². The van der Waals surface area contributed by atoms with Crippen LogP contribution in [0.2, 0.25) is 0 Å². The topological polar surface area (TPSA) is 150 Å². The molecule has 3 aromatic carbocycles. The minimum absolute atomic E-state index is 0.0200. The molecule has 0 radical (unpaired) electrons. The first-order valence-corrected chi connectivity index (χ1v) is 20.1. The molecular weight excluding hydrogens is 721 g/mol. The quantitative estimate of drug-likeness (QED) is 0.105. The highest BCUT2D eigenvalue weighted by Crippen LogP contribution is 2.43. The molecular formula is C48H52N8O2. The number of aromatic hydroxyl groups is 2. The van der Waals surface area contributed by atoms with Gasteiger partial charge >= 0.3 is 0 Å². The smallest absolute Gasteiger partial charge is 0.160 e. The average molecular weight is 773 g/mol. The lowest BCUT2D eigenvalue weighted by molar-refractivity contribution is 0.414. The lowest BCUT2D eigenvalue weighted by Crippen LogP contribution is -2.20. The number of H-pyrrole nitrogens is 3. The molecule has 10 nitrogen and oxygen atoms in total. The zero-order valence-electron chi connectivity index (χ0n) is 35.5. The van der Waals surface area contributed by atoms with Gasteiger partial charge in [-0.1, -0.05) is 126 Å². The highest BCUT2D eigenvalue weighted by Gasteiger charge is 2.33. The minimum Gasteiger partial charge on any atom is -0.507 e. The van der Waals surface area contributed by atoms with Gasteiger partial charge in [0.15, 0.2) is 5.82 Å². The van der Waals surface area contributed by atoms with Crippen LogP contribution < -0.4 is 22.0 Å².